The first kappa shape index (κ1) is 23.3. The predicted molar refractivity (Wildman–Crippen MR) is 124 cm³/mol. The van der Waals surface area contributed by atoms with E-state index in [2.05, 4.69) is 35.1 Å². The lowest BCUT2D eigenvalue weighted by Crippen LogP contribution is -2.44. The van der Waals surface area contributed by atoms with Gasteiger partial charge in [-0.3, -0.25) is 9.63 Å². The van der Waals surface area contributed by atoms with Crippen molar-refractivity contribution >= 4 is 18.0 Å². The number of fused-ring (bicyclic) bond motifs is 3. The minimum absolute atomic E-state index is 0.0349. The van der Waals surface area contributed by atoms with Gasteiger partial charge in [-0.25, -0.2) is 15.1 Å². The summed E-state index contributed by atoms with van der Waals surface area (Å²) in [4.78, 5) is 41.4. The van der Waals surface area contributed by atoms with E-state index in [0.29, 0.717) is 13.0 Å². The normalized spacial score (nSPS) is 21.6. The van der Waals surface area contributed by atoms with Crippen LogP contribution in [0.4, 0.5) is 4.79 Å². The van der Waals surface area contributed by atoms with Gasteiger partial charge >= 0.3 is 12.1 Å². The number of ether oxygens (including phenoxy) is 2. The SMILES string of the molecule is O=C(NC[C@@H]1CCO[C@@H]1C(=O)NOC(C(=O)O)C1CC1)OCC1c2ccccc2-c2ccccc21. The molecular weight excluding hydrogens is 452 g/mol. The molecule has 3 N–H and O–H groups in total. The second-order valence-corrected chi connectivity index (χ2v) is 9.23. The number of benzene rings is 2. The highest BCUT2D eigenvalue weighted by Crippen LogP contribution is 2.44. The fourth-order valence-corrected chi connectivity index (χ4v) is 4.92. The number of hydroxylamine groups is 1. The molecule has 2 aliphatic carbocycles. The lowest BCUT2D eigenvalue weighted by Gasteiger charge is -2.20. The quantitative estimate of drug-likeness (QED) is 0.472. The Bertz CT molecular complexity index is 1070. The Hall–Kier alpha value is -3.43. The molecule has 184 valence electrons. The Morgan fingerprint density at radius 1 is 1.00 bits per heavy atom. The first-order valence-corrected chi connectivity index (χ1v) is 11.9. The first-order chi connectivity index (χ1) is 17.0. The lowest BCUT2D eigenvalue weighted by atomic mass is 9.98. The summed E-state index contributed by atoms with van der Waals surface area (Å²) < 4.78 is 11.1. The average molecular weight is 481 g/mol. The highest BCUT2D eigenvalue weighted by Gasteiger charge is 2.40. The van der Waals surface area contributed by atoms with Crippen LogP contribution in [-0.4, -0.2) is 55.0 Å². The summed E-state index contributed by atoms with van der Waals surface area (Å²) in [5.74, 6) is -2.04. The Labute approximate surface area is 202 Å². The number of hydrogen-bond donors (Lipinski definition) is 3. The molecule has 1 unspecified atom stereocenters. The van der Waals surface area contributed by atoms with Crippen molar-refractivity contribution in [2.75, 3.05) is 19.8 Å². The van der Waals surface area contributed by atoms with Crippen molar-refractivity contribution in [1.29, 1.82) is 0 Å². The molecule has 9 nitrogen and oxygen atoms in total. The van der Waals surface area contributed by atoms with E-state index in [1.165, 1.54) is 0 Å². The van der Waals surface area contributed by atoms with Gasteiger partial charge in [-0.1, -0.05) is 48.5 Å². The van der Waals surface area contributed by atoms with E-state index in [1.807, 2.05) is 24.3 Å². The number of nitrogens with one attached hydrogen (secondary N) is 2. The number of aliphatic carboxylic acids is 1. The van der Waals surface area contributed by atoms with Crippen molar-refractivity contribution in [3.05, 3.63) is 59.7 Å². The summed E-state index contributed by atoms with van der Waals surface area (Å²) >= 11 is 0. The highest BCUT2D eigenvalue weighted by molar-refractivity contribution is 5.81. The standard InChI is InChI=1S/C26H28N2O7/c29-24(28-35-23(25(30)31)15-9-10-15)22-16(11-12-33-22)13-27-26(32)34-14-21-19-7-3-1-5-17(19)18-6-2-4-8-20(18)21/h1-8,15-16,21-23H,9-14H2,(H,27,32)(H,28,29)(H,30,31)/t16-,22-,23?/m0/s1. The van der Waals surface area contributed by atoms with Gasteiger partial charge in [0, 0.05) is 25.0 Å². The van der Waals surface area contributed by atoms with Crippen molar-refractivity contribution in [3.8, 4) is 11.1 Å². The van der Waals surface area contributed by atoms with Crippen LogP contribution in [0.3, 0.4) is 0 Å². The largest absolute Gasteiger partial charge is 0.479 e. The van der Waals surface area contributed by atoms with Crippen LogP contribution in [0.5, 0.6) is 0 Å². The van der Waals surface area contributed by atoms with E-state index >= 15 is 0 Å². The minimum Gasteiger partial charge on any atom is -0.479 e. The zero-order chi connectivity index (χ0) is 24.4. The third-order valence-corrected chi connectivity index (χ3v) is 6.90. The van der Waals surface area contributed by atoms with Crippen LogP contribution in [0.25, 0.3) is 11.1 Å². The van der Waals surface area contributed by atoms with Gasteiger partial charge in [-0.05, 0) is 47.4 Å². The zero-order valence-corrected chi connectivity index (χ0v) is 19.1. The highest BCUT2D eigenvalue weighted by atomic mass is 16.7. The zero-order valence-electron chi connectivity index (χ0n) is 19.1. The molecule has 1 saturated carbocycles. The number of carbonyl (C=O) groups excluding carboxylic acids is 2. The fraction of sp³-hybridized carbons (Fsp3) is 0.423. The molecule has 1 heterocycles. The van der Waals surface area contributed by atoms with Crippen molar-refractivity contribution in [1.82, 2.24) is 10.8 Å². The van der Waals surface area contributed by atoms with E-state index < -0.39 is 30.2 Å². The van der Waals surface area contributed by atoms with E-state index in [1.54, 1.807) is 0 Å². The van der Waals surface area contributed by atoms with Gasteiger partial charge in [0.25, 0.3) is 5.91 Å². The van der Waals surface area contributed by atoms with Crippen molar-refractivity contribution in [3.63, 3.8) is 0 Å². The third kappa shape index (κ3) is 5.01. The Balaban J connectivity index is 1.11. The number of hydrogen-bond acceptors (Lipinski definition) is 6. The van der Waals surface area contributed by atoms with Crippen LogP contribution in [0.1, 0.15) is 36.3 Å². The number of carboxylic acids is 1. The van der Waals surface area contributed by atoms with Crippen LogP contribution in [0.2, 0.25) is 0 Å². The van der Waals surface area contributed by atoms with Gasteiger partial charge in [0.2, 0.25) is 0 Å². The molecule has 0 spiro atoms. The topological polar surface area (TPSA) is 123 Å². The molecule has 3 aliphatic rings. The number of rotatable bonds is 9. The number of alkyl carbamates (subject to hydrolysis) is 1. The molecule has 1 saturated heterocycles. The Kier molecular flexibility index (Phi) is 6.70. The number of carbonyl (C=O) groups is 3. The molecule has 1 aliphatic heterocycles. The van der Waals surface area contributed by atoms with Crippen molar-refractivity contribution in [2.45, 2.75) is 37.4 Å². The molecule has 2 aromatic carbocycles. The smallest absolute Gasteiger partial charge is 0.407 e. The molecule has 5 rings (SSSR count). The second-order valence-electron chi connectivity index (χ2n) is 9.23. The summed E-state index contributed by atoms with van der Waals surface area (Å²) in [7, 11) is 0. The number of carboxylic acid groups (broad SMARTS) is 1. The maximum Gasteiger partial charge on any atom is 0.407 e. The second kappa shape index (κ2) is 10.1. The fourth-order valence-electron chi connectivity index (χ4n) is 4.92. The van der Waals surface area contributed by atoms with E-state index in [4.69, 9.17) is 14.3 Å². The van der Waals surface area contributed by atoms with E-state index in [0.717, 1.165) is 35.1 Å². The maximum absolute atomic E-state index is 12.5. The van der Waals surface area contributed by atoms with Crippen LogP contribution >= 0.6 is 0 Å². The number of amides is 2. The van der Waals surface area contributed by atoms with Crippen LogP contribution in [-0.2, 0) is 23.9 Å². The Morgan fingerprint density at radius 3 is 2.29 bits per heavy atom. The summed E-state index contributed by atoms with van der Waals surface area (Å²) in [6.07, 6.45) is -0.352. The lowest BCUT2D eigenvalue weighted by molar-refractivity contribution is -0.166. The van der Waals surface area contributed by atoms with Gasteiger partial charge in [0.1, 0.15) is 12.7 Å². The van der Waals surface area contributed by atoms with Crippen LogP contribution < -0.4 is 10.8 Å². The summed E-state index contributed by atoms with van der Waals surface area (Å²) in [5.41, 5.74) is 6.81. The van der Waals surface area contributed by atoms with Gasteiger partial charge in [0.05, 0.1) is 0 Å². The molecule has 0 aromatic heterocycles. The molecule has 0 bridgehead atoms. The Morgan fingerprint density at radius 2 is 1.66 bits per heavy atom. The molecule has 0 radical (unpaired) electrons. The first-order valence-electron chi connectivity index (χ1n) is 11.9. The monoisotopic (exact) mass is 480 g/mol. The van der Waals surface area contributed by atoms with Gasteiger partial charge in [0.15, 0.2) is 6.10 Å². The van der Waals surface area contributed by atoms with Crippen LogP contribution in [0.15, 0.2) is 48.5 Å². The molecule has 2 aromatic rings. The predicted octanol–water partition coefficient (Wildman–Crippen LogP) is 2.84. The van der Waals surface area contributed by atoms with Gasteiger partial charge in [-0.2, -0.15) is 0 Å². The molecule has 35 heavy (non-hydrogen) atoms. The summed E-state index contributed by atoms with van der Waals surface area (Å²) in [6.45, 7) is 0.760. The molecule has 9 heteroatoms. The minimum atomic E-state index is -1.10. The summed E-state index contributed by atoms with van der Waals surface area (Å²) in [5, 5.41) is 12.0. The average Bonchev–Trinajstić information content (AvgIpc) is 3.49. The van der Waals surface area contributed by atoms with Gasteiger partial charge in [-0.15, -0.1) is 0 Å². The van der Waals surface area contributed by atoms with E-state index in [-0.39, 0.29) is 30.9 Å². The van der Waals surface area contributed by atoms with Gasteiger partial charge < -0.3 is 19.9 Å². The summed E-state index contributed by atoms with van der Waals surface area (Å²) in [6, 6.07) is 16.2. The molecule has 2 fully saturated rings. The van der Waals surface area contributed by atoms with Crippen molar-refractivity contribution in [2.24, 2.45) is 11.8 Å². The molecular formula is C26H28N2O7. The molecule has 2 amide bonds. The van der Waals surface area contributed by atoms with Crippen molar-refractivity contribution < 1.29 is 33.8 Å². The third-order valence-electron chi connectivity index (χ3n) is 6.90. The van der Waals surface area contributed by atoms with E-state index in [9.17, 15) is 19.5 Å². The van der Waals surface area contributed by atoms with Crippen LogP contribution in [0, 0.1) is 11.8 Å². The molecule has 3 atom stereocenters. The maximum atomic E-state index is 12.5.